The summed E-state index contributed by atoms with van der Waals surface area (Å²) in [4.78, 5) is 22.1. The third kappa shape index (κ3) is 2.95. The lowest BCUT2D eigenvalue weighted by Crippen LogP contribution is -2.37. The molecule has 2 aromatic rings. The summed E-state index contributed by atoms with van der Waals surface area (Å²) in [5.74, 6) is 0.716. The highest BCUT2D eigenvalue weighted by Gasteiger charge is 2.26. The van der Waals surface area contributed by atoms with Crippen molar-refractivity contribution >= 4 is 29.0 Å². The number of amides is 1. The number of hydroxylamine groups is 2. The Morgan fingerprint density at radius 3 is 2.82 bits per heavy atom. The Kier molecular flexibility index (Phi) is 4.33. The smallest absolute Gasteiger partial charge is 0.228 e. The van der Waals surface area contributed by atoms with Gasteiger partial charge in [0.2, 0.25) is 5.91 Å². The summed E-state index contributed by atoms with van der Waals surface area (Å²) in [7, 11) is 1.66. The minimum Gasteiger partial charge on any atom is -0.310 e. The van der Waals surface area contributed by atoms with Gasteiger partial charge in [-0.25, -0.2) is 4.98 Å². The summed E-state index contributed by atoms with van der Waals surface area (Å²) < 4.78 is 1.82. The van der Waals surface area contributed by atoms with Crippen molar-refractivity contribution in [3.05, 3.63) is 29.0 Å². The quantitative estimate of drug-likeness (QED) is 0.943. The van der Waals surface area contributed by atoms with Crippen LogP contribution in [0.15, 0.2) is 18.3 Å². The number of fused-ring (bicyclic) bond motifs is 1. The number of halogens is 1. The topological polar surface area (TPSA) is 58.9 Å². The van der Waals surface area contributed by atoms with Crippen LogP contribution in [0.5, 0.6) is 0 Å². The molecule has 0 spiro atoms. The predicted octanol–water partition coefficient (Wildman–Crippen LogP) is 2.51. The summed E-state index contributed by atoms with van der Waals surface area (Å²) in [6.45, 7) is 3.42. The highest BCUT2D eigenvalue weighted by Crippen LogP contribution is 2.23. The number of piperidine rings is 1. The molecule has 1 aliphatic rings. The molecule has 3 heterocycles. The number of aryl methyl sites for hydroxylation is 1. The van der Waals surface area contributed by atoms with Crippen molar-refractivity contribution in [3.8, 4) is 0 Å². The summed E-state index contributed by atoms with van der Waals surface area (Å²) in [5, 5.41) is 5.49. The molecule has 0 aliphatic carbocycles. The average Bonchev–Trinajstić information content (AvgIpc) is 2.83. The van der Waals surface area contributed by atoms with E-state index in [9.17, 15) is 4.79 Å². The third-order valence-electron chi connectivity index (χ3n) is 4.08. The Bertz CT molecular complexity index is 692. The van der Waals surface area contributed by atoms with Crippen LogP contribution < -0.4 is 5.32 Å². The van der Waals surface area contributed by atoms with Gasteiger partial charge in [-0.1, -0.05) is 11.6 Å². The monoisotopic (exact) mass is 322 g/mol. The molecule has 0 atom stereocenters. The molecule has 0 aromatic carbocycles. The average molecular weight is 323 g/mol. The summed E-state index contributed by atoms with van der Waals surface area (Å²) in [6.07, 6.45) is 3.34. The number of nitrogens with one attached hydrogen (secondary N) is 1. The third-order valence-corrected chi connectivity index (χ3v) is 4.30. The minimum absolute atomic E-state index is 0.00414. The SMILES string of the molecule is CON1CCC(C(=O)Nc2c(C)nc3ccc(Cl)cn23)CC1. The maximum atomic E-state index is 12.5. The zero-order valence-electron chi connectivity index (χ0n) is 12.7. The second-order valence-corrected chi connectivity index (χ2v) is 5.93. The zero-order chi connectivity index (χ0) is 15.7. The van der Waals surface area contributed by atoms with Gasteiger partial charge in [-0.15, -0.1) is 0 Å². The molecule has 0 saturated carbocycles. The van der Waals surface area contributed by atoms with E-state index >= 15 is 0 Å². The van der Waals surface area contributed by atoms with Crippen LogP contribution in [0.3, 0.4) is 0 Å². The lowest BCUT2D eigenvalue weighted by Gasteiger charge is -2.29. The number of pyridine rings is 1. The van der Waals surface area contributed by atoms with Crippen LogP contribution in [-0.2, 0) is 9.63 Å². The Morgan fingerprint density at radius 2 is 2.14 bits per heavy atom. The van der Waals surface area contributed by atoms with Crippen LogP contribution in [0, 0.1) is 12.8 Å². The number of nitrogens with zero attached hydrogens (tertiary/aromatic N) is 3. The zero-order valence-corrected chi connectivity index (χ0v) is 13.4. The molecule has 1 fully saturated rings. The van der Waals surface area contributed by atoms with Crippen LogP contribution >= 0.6 is 11.6 Å². The van der Waals surface area contributed by atoms with Crippen molar-refractivity contribution < 1.29 is 9.63 Å². The first kappa shape index (κ1) is 15.3. The summed E-state index contributed by atoms with van der Waals surface area (Å²) in [5.41, 5.74) is 1.55. The standard InChI is InChI=1S/C15H19ClN4O2/c1-10-14(20-9-12(16)3-4-13(20)17-10)18-15(21)11-5-7-19(22-2)8-6-11/h3-4,9,11H,5-8H2,1-2H3,(H,18,21). The molecule has 1 saturated heterocycles. The molecule has 6 nitrogen and oxygen atoms in total. The second-order valence-electron chi connectivity index (χ2n) is 5.50. The van der Waals surface area contributed by atoms with Gasteiger partial charge in [0.1, 0.15) is 11.5 Å². The van der Waals surface area contributed by atoms with Crippen molar-refractivity contribution in [2.75, 3.05) is 25.5 Å². The highest BCUT2D eigenvalue weighted by molar-refractivity contribution is 6.30. The summed E-state index contributed by atoms with van der Waals surface area (Å²) in [6, 6.07) is 3.62. The molecular weight excluding hydrogens is 304 g/mol. The maximum absolute atomic E-state index is 12.5. The van der Waals surface area contributed by atoms with Gasteiger partial charge in [0.15, 0.2) is 0 Å². The van der Waals surface area contributed by atoms with Crippen molar-refractivity contribution in [2.45, 2.75) is 19.8 Å². The number of imidazole rings is 1. The molecule has 1 amide bonds. The Labute approximate surface area is 134 Å². The first-order chi connectivity index (χ1) is 10.6. The lowest BCUT2D eigenvalue weighted by atomic mass is 9.97. The molecule has 0 radical (unpaired) electrons. The van der Waals surface area contributed by atoms with Gasteiger partial charge in [0.25, 0.3) is 0 Å². The van der Waals surface area contributed by atoms with Gasteiger partial charge in [-0.05, 0) is 31.9 Å². The largest absolute Gasteiger partial charge is 0.310 e. The number of rotatable bonds is 3. The fourth-order valence-corrected chi connectivity index (χ4v) is 2.97. The maximum Gasteiger partial charge on any atom is 0.228 e. The van der Waals surface area contributed by atoms with Crippen LogP contribution in [0.2, 0.25) is 5.02 Å². The van der Waals surface area contributed by atoms with Crippen molar-refractivity contribution in [3.63, 3.8) is 0 Å². The normalized spacial score (nSPS) is 17.0. The van der Waals surface area contributed by atoms with E-state index in [4.69, 9.17) is 16.4 Å². The fraction of sp³-hybridized carbons (Fsp3) is 0.467. The molecule has 2 aromatic heterocycles. The molecule has 0 bridgehead atoms. The number of carbonyl (C=O) groups excluding carboxylic acids is 1. The number of aromatic nitrogens is 2. The Balaban J connectivity index is 1.77. The van der Waals surface area contributed by atoms with Crippen LogP contribution in [0.1, 0.15) is 18.5 Å². The summed E-state index contributed by atoms with van der Waals surface area (Å²) >= 11 is 6.04. The van der Waals surface area contributed by atoms with E-state index in [1.165, 1.54) is 0 Å². The molecular formula is C15H19ClN4O2. The van der Waals surface area contributed by atoms with E-state index in [0.717, 1.165) is 37.3 Å². The van der Waals surface area contributed by atoms with E-state index in [-0.39, 0.29) is 11.8 Å². The lowest BCUT2D eigenvalue weighted by molar-refractivity contribution is -0.152. The Hall–Kier alpha value is -1.63. The van der Waals surface area contributed by atoms with Crippen molar-refractivity contribution in [1.82, 2.24) is 14.4 Å². The molecule has 1 aliphatic heterocycles. The van der Waals surface area contributed by atoms with Gasteiger partial charge < -0.3 is 10.2 Å². The van der Waals surface area contributed by atoms with Crippen molar-refractivity contribution in [1.29, 1.82) is 0 Å². The first-order valence-electron chi connectivity index (χ1n) is 7.32. The highest BCUT2D eigenvalue weighted by atomic mass is 35.5. The van der Waals surface area contributed by atoms with Gasteiger partial charge in [0, 0.05) is 25.2 Å². The van der Waals surface area contributed by atoms with Crippen LogP contribution in [-0.4, -0.2) is 40.6 Å². The molecule has 0 unspecified atom stereocenters. The first-order valence-corrected chi connectivity index (χ1v) is 7.70. The van der Waals surface area contributed by atoms with Crippen LogP contribution in [0.25, 0.3) is 5.65 Å². The van der Waals surface area contributed by atoms with E-state index in [1.807, 2.05) is 22.5 Å². The van der Waals surface area contributed by atoms with Gasteiger partial charge >= 0.3 is 0 Å². The van der Waals surface area contributed by atoms with E-state index < -0.39 is 0 Å². The minimum atomic E-state index is -0.00414. The molecule has 118 valence electrons. The fourth-order valence-electron chi connectivity index (χ4n) is 2.81. The number of carbonyl (C=O) groups is 1. The van der Waals surface area contributed by atoms with E-state index in [1.54, 1.807) is 19.4 Å². The van der Waals surface area contributed by atoms with Gasteiger partial charge in [-0.2, -0.15) is 5.06 Å². The number of hydrogen-bond donors (Lipinski definition) is 1. The molecule has 1 N–H and O–H groups in total. The van der Waals surface area contributed by atoms with Crippen molar-refractivity contribution in [2.24, 2.45) is 5.92 Å². The second kappa shape index (κ2) is 6.24. The van der Waals surface area contributed by atoms with Gasteiger partial charge in [0.05, 0.1) is 17.8 Å². The van der Waals surface area contributed by atoms with Gasteiger partial charge in [-0.3, -0.25) is 9.20 Å². The number of hydrogen-bond acceptors (Lipinski definition) is 4. The Morgan fingerprint density at radius 1 is 1.41 bits per heavy atom. The van der Waals surface area contributed by atoms with E-state index in [2.05, 4.69) is 10.3 Å². The van der Waals surface area contributed by atoms with E-state index in [0.29, 0.717) is 10.8 Å². The molecule has 22 heavy (non-hydrogen) atoms. The molecule has 3 rings (SSSR count). The predicted molar refractivity (Wildman–Crippen MR) is 84.9 cm³/mol. The molecule has 7 heteroatoms. The van der Waals surface area contributed by atoms with Crippen LogP contribution in [0.4, 0.5) is 5.82 Å². The number of anilines is 1.